The Morgan fingerprint density at radius 3 is 2.36 bits per heavy atom. The van der Waals surface area contributed by atoms with Crippen LogP contribution in [0.25, 0.3) is 0 Å². The van der Waals surface area contributed by atoms with Crippen LogP contribution < -0.4 is 19.5 Å². The van der Waals surface area contributed by atoms with Crippen LogP contribution in [0.2, 0.25) is 0 Å². The lowest BCUT2D eigenvalue weighted by atomic mass is 10.1. The first-order valence-electron chi connectivity index (χ1n) is 8.42. The van der Waals surface area contributed by atoms with Gasteiger partial charge in [-0.25, -0.2) is 0 Å². The second-order valence-electron chi connectivity index (χ2n) is 5.54. The molecule has 1 unspecified atom stereocenters. The summed E-state index contributed by atoms with van der Waals surface area (Å²) in [5, 5.41) is 2.97. The third-order valence-electron chi connectivity index (χ3n) is 3.72. The molecule has 2 aromatic carbocycles. The van der Waals surface area contributed by atoms with Crippen molar-refractivity contribution in [1.29, 1.82) is 0 Å². The van der Waals surface area contributed by atoms with Crippen LogP contribution in [0.4, 0.5) is 0 Å². The summed E-state index contributed by atoms with van der Waals surface area (Å²) in [6.07, 6.45) is 0.277. The first-order valence-corrected chi connectivity index (χ1v) is 8.42. The van der Waals surface area contributed by atoms with Gasteiger partial charge in [-0.3, -0.25) is 4.79 Å². The van der Waals surface area contributed by atoms with Gasteiger partial charge in [0.15, 0.2) is 11.5 Å². The van der Waals surface area contributed by atoms with E-state index in [1.165, 1.54) is 0 Å². The zero-order valence-corrected chi connectivity index (χ0v) is 15.0. The van der Waals surface area contributed by atoms with Crippen LogP contribution >= 0.6 is 0 Å². The van der Waals surface area contributed by atoms with E-state index in [0.29, 0.717) is 24.7 Å². The topological polar surface area (TPSA) is 56.8 Å². The van der Waals surface area contributed by atoms with Crippen LogP contribution in [0.15, 0.2) is 48.5 Å². The Morgan fingerprint density at radius 2 is 1.72 bits per heavy atom. The van der Waals surface area contributed by atoms with E-state index >= 15 is 0 Å². The zero-order valence-electron chi connectivity index (χ0n) is 15.0. The van der Waals surface area contributed by atoms with E-state index in [9.17, 15) is 4.79 Å². The monoisotopic (exact) mass is 343 g/mol. The van der Waals surface area contributed by atoms with Crippen molar-refractivity contribution in [3.05, 3.63) is 54.1 Å². The van der Waals surface area contributed by atoms with E-state index < -0.39 is 0 Å². The van der Waals surface area contributed by atoms with Gasteiger partial charge < -0.3 is 19.5 Å². The molecule has 0 fully saturated rings. The molecule has 134 valence electrons. The number of amides is 1. The van der Waals surface area contributed by atoms with Gasteiger partial charge in [0.2, 0.25) is 5.91 Å². The number of hydrogen-bond acceptors (Lipinski definition) is 4. The molecule has 0 bridgehead atoms. The average Bonchev–Trinajstić information content (AvgIpc) is 2.63. The number of benzene rings is 2. The van der Waals surface area contributed by atoms with Crippen LogP contribution in [0.3, 0.4) is 0 Å². The highest BCUT2D eigenvalue weighted by Gasteiger charge is 2.10. The quantitative estimate of drug-likeness (QED) is 0.753. The molecule has 1 amide bonds. The third-order valence-corrected chi connectivity index (χ3v) is 3.72. The number of methoxy groups -OCH3 is 1. The molecular formula is C20H25NO4. The van der Waals surface area contributed by atoms with Gasteiger partial charge in [0.25, 0.3) is 0 Å². The molecule has 5 nitrogen and oxygen atoms in total. The van der Waals surface area contributed by atoms with Gasteiger partial charge in [-0.2, -0.15) is 0 Å². The van der Waals surface area contributed by atoms with Crippen molar-refractivity contribution in [3.63, 3.8) is 0 Å². The van der Waals surface area contributed by atoms with E-state index in [1.807, 2.05) is 62.4 Å². The number of nitrogens with one attached hydrogen (secondary N) is 1. The average molecular weight is 343 g/mol. The molecule has 0 spiro atoms. The maximum atomic E-state index is 12.1. The normalized spacial score (nSPS) is 11.5. The molecule has 0 saturated carbocycles. The lowest BCUT2D eigenvalue weighted by molar-refractivity contribution is -0.122. The molecule has 5 heteroatoms. The molecule has 0 radical (unpaired) electrons. The number of hydrogen-bond donors (Lipinski definition) is 1. The molecule has 0 heterocycles. The van der Waals surface area contributed by atoms with Crippen molar-refractivity contribution in [2.45, 2.75) is 26.3 Å². The lowest BCUT2D eigenvalue weighted by Gasteiger charge is -2.15. The highest BCUT2D eigenvalue weighted by molar-refractivity contribution is 5.76. The number of para-hydroxylation sites is 2. The fourth-order valence-electron chi connectivity index (χ4n) is 2.41. The maximum absolute atomic E-state index is 12.1. The summed E-state index contributed by atoms with van der Waals surface area (Å²) in [7, 11) is 1.59. The van der Waals surface area contributed by atoms with Gasteiger partial charge in [0.05, 0.1) is 32.8 Å². The van der Waals surface area contributed by atoms with Gasteiger partial charge in [-0.15, -0.1) is 0 Å². The Morgan fingerprint density at radius 1 is 1.04 bits per heavy atom. The van der Waals surface area contributed by atoms with Crippen molar-refractivity contribution in [3.8, 4) is 17.2 Å². The molecule has 2 rings (SSSR count). The zero-order chi connectivity index (χ0) is 18.1. The molecule has 1 atom stereocenters. The van der Waals surface area contributed by atoms with Crippen LogP contribution in [0, 0.1) is 0 Å². The fourth-order valence-corrected chi connectivity index (χ4v) is 2.41. The number of carbonyl (C=O) groups is 1. The molecule has 1 N–H and O–H groups in total. The smallest absolute Gasteiger partial charge is 0.223 e. The Labute approximate surface area is 148 Å². The summed E-state index contributed by atoms with van der Waals surface area (Å²) in [6.45, 7) is 4.83. The molecule has 25 heavy (non-hydrogen) atoms. The van der Waals surface area contributed by atoms with E-state index in [2.05, 4.69) is 5.32 Å². The Kier molecular flexibility index (Phi) is 7.14. The molecule has 0 aliphatic carbocycles. The van der Waals surface area contributed by atoms with Gasteiger partial charge >= 0.3 is 0 Å². The minimum Gasteiger partial charge on any atom is -0.494 e. The molecular weight excluding hydrogens is 318 g/mol. The Balaban J connectivity index is 1.79. The summed E-state index contributed by atoms with van der Waals surface area (Å²) >= 11 is 0. The lowest BCUT2D eigenvalue weighted by Crippen LogP contribution is -2.27. The second-order valence-corrected chi connectivity index (χ2v) is 5.54. The SMILES string of the molecule is CCOc1ccc(C(C)NC(=O)CCOc2ccccc2OC)cc1. The highest BCUT2D eigenvalue weighted by atomic mass is 16.5. The molecule has 0 aromatic heterocycles. The van der Waals surface area contributed by atoms with Gasteiger partial charge in [0.1, 0.15) is 5.75 Å². The summed E-state index contributed by atoms with van der Waals surface area (Å²) in [4.78, 5) is 12.1. The van der Waals surface area contributed by atoms with Crippen molar-refractivity contribution in [2.75, 3.05) is 20.3 Å². The van der Waals surface area contributed by atoms with Gasteiger partial charge in [-0.05, 0) is 43.7 Å². The molecule has 0 saturated heterocycles. The Bertz CT molecular complexity index is 670. The minimum atomic E-state index is -0.0746. The summed E-state index contributed by atoms with van der Waals surface area (Å²) in [5.41, 5.74) is 1.03. The molecule has 0 aliphatic rings. The summed E-state index contributed by atoms with van der Waals surface area (Å²) in [5.74, 6) is 2.06. The summed E-state index contributed by atoms with van der Waals surface area (Å²) in [6, 6.07) is 15.0. The van der Waals surface area contributed by atoms with Crippen molar-refractivity contribution in [1.82, 2.24) is 5.32 Å². The summed E-state index contributed by atoms with van der Waals surface area (Å²) < 4.78 is 16.3. The predicted molar refractivity (Wildman–Crippen MR) is 97.3 cm³/mol. The van der Waals surface area contributed by atoms with E-state index in [1.54, 1.807) is 7.11 Å². The highest BCUT2D eigenvalue weighted by Crippen LogP contribution is 2.25. The Hall–Kier alpha value is -2.69. The molecule has 0 aliphatic heterocycles. The van der Waals surface area contributed by atoms with E-state index in [0.717, 1.165) is 11.3 Å². The van der Waals surface area contributed by atoms with Crippen LogP contribution in [0.1, 0.15) is 31.9 Å². The van der Waals surface area contributed by atoms with Crippen molar-refractivity contribution < 1.29 is 19.0 Å². The second kappa shape index (κ2) is 9.57. The van der Waals surface area contributed by atoms with E-state index in [-0.39, 0.29) is 18.4 Å². The van der Waals surface area contributed by atoms with Gasteiger partial charge in [0, 0.05) is 0 Å². The number of carbonyl (C=O) groups excluding carboxylic acids is 1. The first kappa shape index (κ1) is 18.6. The largest absolute Gasteiger partial charge is 0.494 e. The third kappa shape index (κ3) is 5.71. The molecule has 2 aromatic rings. The fraction of sp³-hybridized carbons (Fsp3) is 0.350. The number of ether oxygens (including phenoxy) is 3. The van der Waals surface area contributed by atoms with E-state index in [4.69, 9.17) is 14.2 Å². The van der Waals surface area contributed by atoms with Crippen molar-refractivity contribution >= 4 is 5.91 Å². The minimum absolute atomic E-state index is 0.0590. The van der Waals surface area contributed by atoms with Crippen molar-refractivity contribution in [2.24, 2.45) is 0 Å². The van der Waals surface area contributed by atoms with Crippen LogP contribution in [-0.4, -0.2) is 26.2 Å². The van der Waals surface area contributed by atoms with Gasteiger partial charge in [-0.1, -0.05) is 24.3 Å². The maximum Gasteiger partial charge on any atom is 0.223 e. The number of rotatable bonds is 9. The predicted octanol–water partition coefficient (Wildman–Crippen LogP) is 3.74. The standard InChI is InChI=1S/C20H25NO4/c1-4-24-17-11-9-16(10-12-17)15(2)21-20(22)13-14-25-19-8-6-5-7-18(19)23-3/h5-12,15H,4,13-14H2,1-3H3,(H,21,22). The first-order chi connectivity index (χ1) is 12.1. The van der Waals surface area contributed by atoms with Crippen LogP contribution in [-0.2, 0) is 4.79 Å². The van der Waals surface area contributed by atoms with Crippen LogP contribution in [0.5, 0.6) is 17.2 Å².